The average Bonchev–Trinajstić information content (AvgIpc) is 2.93. The number of hydrogen-bond acceptors (Lipinski definition) is 4. The van der Waals surface area contributed by atoms with Gasteiger partial charge in [0.25, 0.3) is 5.69 Å². The molecule has 96 valence electrons. The molecule has 2 heterocycles. The summed E-state index contributed by atoms with van der Waals surface area (Å²) in [4.78, 5) is 10.6. The molecule has 0 amide bonds. The number of anilines is 1. The third kappa shape index (κ3) is 1.93. The summed E-state index contributed by atoms with van der Waals surface area (Å²) in [6.07, 6.45) is 3.46. The molecule has 2 aliphatic rings. The number of nitro benzene ring substituents is 1. The molecule has 2 saturated heterocycles. The summed E-state index contributed by atoms with van der Waals surface area (Å²) in [5.41, 5.74) is 0.426. The lowest BCUT2D eigenvalue weighted by Gasteiger charge is -2.21. The average molecular weight is 269 g/mol. The SMILES string of the molecule is O=[N+]([O-])c1cccc(Cl)c1NC1CC2CCC1O2. The quantitative estimate of drug-likeness (QED) is 0.676. The van der Waals surface area contributed by atoms with Crippen LogP contribution < -0.4 is 5.32 Å². The third-order valence-corrected chi connectivity index (χ3v) is 3.94. The minimum Gasteiger partial charge on any atom is -0.373 e. The molecule has 0 spiro atoms. The molecule has 3 atom stereocenters. The Labute approximate surface area is 109 Å². The fraction of sp³-hybridized carbons (Fsp3) is 0.500. The number of nitrogens with zero attached hydrogens (tertiary/aromatic N) is 1. The van der Waals surface area contributed by atoms with Crippen LogP contribution in [0.3, 0.4) is 0 Å². The van der Waals surface area contributed by atoms with Crippen LogP contribution in [-0.2, 0) is 4.74 Å². The predicted octanol–water partition coefficient (Wildman–Crippen LogP) is 2.98. The highest BCUT2D eigenvalue weighted by molar-refractivity contribution is 6.33. The van der Waals surface area contributed by atoms with Gasteiger partial charge < -0.3 is 10.1 Å². The molecule has 1 aromatic rings. The number of nitro groups is 1. The molecule has 3 rings (SSSR count). The summed E-state index contributed by atoms with van der Waals surface area (Å²) in [5.74, 6) is 0. The fourth-order valence-electron chi connectivity index (χ4n) is 2.78. The minimum absolute atomic E-state index is 0.0188. The number of hydrogen-bond donors (Lipinski definition) is 1. The van der Waals surface area contributed by atoms with E-state index in [0.29, 0.717) is 16.8 Å². The van der Waals surface area contributed by atoms with Gasteiger partial charge in [0.15, 0.2) is 0 Å². The van der Waals surface area contributed by atoms with Gasteiger partial charge in [0.05, 0.1) is 28.2 Å². The van der Waals surface area contributed by atoms with Crippen molar-refractivity contribution in [3.63, 3.8) is 0 Å². The molecule has 2 fully saturated rings. The standard InChI is InChI=1S/C12H13ClN2O3/c13-8-2-1-3-10(15(16)17)12(8)14-9-6-7-4-5-11(9)18-7/h1-3,7,9,11,14H,4-6H2. The lowest BCUT2D eigenvalue weighted by molar-refractivity contribution is -0.384. The molecule has 2 aliphatic heterocycles. The zero-order valence-electron chi connectivity index (χ0n) is 9.64. The van der Waals surface area contributed by atoms with Crippen molar-refractivity contribution in [2.75, 3.05) is 5.32 Å². The number of rotatable bonds is 3. The van der Waals surface area contributed by atoms with Crippen LogP contribution in [0.25, 0.3) is 0 Å². The van der Waals surface area contributed by atoms with E-state index in [2.05, 4.69) is 5.32 Å². The molecule has 18 heavy (non-hydrogen) atoms. The predicted molar refractivity (Wildman–Crippen MR) is 68.0 cm³/mol. The van der Waals surface area contributed by atoms with E-state index >= 15 is 0 Å². The normalized spacial score (nSPS) is 29.5. The first-order chi connectivity index (χ1) is 8.65. The number of benzene rings is 1. The lowest BCUT2D eigenvalue weighted by Crippen LogP contribution is -2.30. The molecule has 6 heteroatoms. The van der Waals surface area contributed by atoms with Crippen LogP contribution in [-0.4, -0.2) is 23.2 Å². The summed E-state index contributed by atoms with van der Waals surface area (Å²) >= 11 is 6.05. The van der Waals surface area contributed by atoms with E-state index in [0.717, 1.165) is 19.3 Å². The van der Waals surface area contributed by atoms with Gasteiger partial charge in [-0.1, -0.05) is 17.7 Å². The Balaban J connectivity index is 1.86. The Morgan fingerprint density at radius 2 is 2.28 bits per heavy atom. The van der Waals surface area contributed by atoms with Gasteiger partial charge in [0.2, 0.25) is 0 Å². The van der Waals surface area contributed by atoms with Crippen LogP contribution >= 0.6 is 11.6 Å². The fourth-order valence-corrected chi connectivity index (χ4v) is 3.01. The summed E-state index contributed by atoms with van der Waals surface area (Å²) in [5, 5.41) is 14.6. The maximum atomic E-state index is 11.0. The van der Waals surface area contributed by atoms with Crippen molar-refractivity contribution in [1.29, 1.82) is 0 Å². The first kappa shape index (κ1) is 11.7. The Morgan fingerprint density at radius 3 is 2.89 bits per heavy atom. The number of fused-ring (bicyclic) bond motifs is 2. The molecular formula is C12H13ClN2O3. The zero-order valence-corrected chi connectivity index (χ0v) is 10.4. The Morgan fingerprint density at radius 1 is 1.44 bits per heavy atom. The van der Waals surface area contributed by atoms with E-state index in [1.807, 2.05) is 0 Å². The second-order valence-corrected chi connectivity index (χ2v) is 5.16. The molecule has 2 bridgehead atoms. The van der Waals surface area contributed by atoms with Gasteiger partial charge in [0.1, 0.15) is 5.69 Å². The zero-order chi connectivity index (χ0) is 12.7. The molecule has 3 unspecified atom stereocenters. The van der Waals surface area contributed by atoms with Crippen LogP contribution in [0.15, 0.2) is 18.2 Å². The summed E-state index contributed by atoms with van der Waals surface area (Å²) < 4.78 is 5.72. The molecule has 0 aliphatic carbocycles. The van der Waals surface area contributed by atoms with Crippen LogP contribution in [0.1, 0.15) is 19.3 Å². The van der Waals surface area contributed by atoms with Gasteiger partial charge in [-0.25, -0.2) is 0 Å². The van der Waals surface area contributed by atoms with Crippen LogP contribution in [0.5, 0.6) is 0 Å². The summed E-state index contributed by atoms with van der Waals surface area (Å²) in [6.45, 7) is 0. The summed E-state index contributed by atoms with van der Waals surface area (Å²) in [6, 6.07) is 4.83. The van der Waals surface area contributed by atoms with E-state index in [9.17, 15) is 10.1 Å². The van der Waals surface area contributed by atoms with Crippen LogP contribution in [0, 0.1) is 10.1 Å². The van der Waals surface area contributed by atoms with E-state index < -0.39 is 4.92 Å². The van der Waals surface area contributed by atoms with Crippen molar-refractivity contribution in [2.24, 2.45) is 0 Å². The highest BCUT2D eigenvalue weighted by Gasteiger charge is 2.41. The smallest absolute Gasteiger partial charge is 0.293 e. The van der Waals surface area contributed by atoms with Crippen molar-refractivity contribution >= 4 is 23.0 Å². The third-order valence-electron chi connectivity index (χ3n) is 3.62. The molecule has 0 saturated carbocycles. The first-order valence-electron chi connectivity index (χ1n) is 6.00. The highest BCUT2D eigenvalue weighted by atomic mass is 35.5. The van der Waals surface area contributed by atoms with Crippen molar-refractivity contribution in [3.8, 4) is 0 Å². The van der Waals surface area contributed by atoms with Crippen LogP contribution in [0.4, 0.5) is 11.4 Å². The largest absolute Gasteiger partial charge is 0.373 e. The topological polar surface area (TPSA) is 64.4 Å². The van der Waals surface area contributed by atoms with Gasteiger partial charge in [-0.15, -0.1) is 0 Å². The molecule has 1 N–H and O–H groups in total. The Hall–Kier alpha value is -1.33. The monoisotopic (exact) mass is 268 g/mol. The van der Waals surface area contributed by atoms with Crippen LogP contribution in [0.2, 0.25) is 5.02 Å². The molecule has 0 radical (unpaired) electrons. The number of para-hydroxylation sites is 1. The number of halogens is 1. The van der Waals surface area contributed by atoms with Crippen molar-refractivity contribution in [2.45, 2.75) is 37.5 Å². The number of nitrogens with one attached hydrogen (secondary N) is 1. The molecule has 1 aromatic carbocycles. The van der Waals surface area contributed by atoms with Gasteiger partial charge in [-0.3, -0.25) is 10.1 Å². The Bertz CT molecular complexity index is 494. The van der Waals surface area contributed by atoms with E-state index in [-0.39, 0.29) is 17.8 Å². The van der Waals surface area contributed by atoms with Crippen molar-refractivity contribution < 1.29 is 9.66 Å². The lowest BCUT2D eigenvalue weighted by atomic mass is 9.95. The number of ether oxygens (including phenoxy) is 1. The van der Waals surface area contributed by atoms with Gasteiger partial charge in [-0.05, 0) is 25.3 Å². The minimum atomic E-state index is -0.414. The van der Waals surface area contributed by atoms with Gasteiger partial charge >= 0.3 is 0 Å². The second-order valence-electron chi connectivity index (χ2n) is 4.75. The van der Waals surface area contributed by atoms with E-state index in [1.165, 1.54) is 6.07 Å². The maximum absolute atomic E-state index is 11.0. The molecular weight excluding hydrogens is 256 g/mol. The van der Waals surface area contributed by atoms with E-state index in [4.69, 9.17) is 16.3 Å². The van der Waals surface area contributed by atoms with Gasteiger partial charge in [0, 0.05) is 6.07 Å². The molecule has 0 aromatic heterocycles. The highest BCUT2D eigenvalue weighted by Crippen LogP contribution is 2.39. The van der Waals surface area contributed by atoms with Crippen molar-refractivity contribution in [3.05, 3.63) is 33.3 Å². The second kappa shape index (κ2) is 4.40. The maximum Gasteiger partial charge on any atom is 0.293 e. The van der Waals surface area contributed by atoms with Crippen molar-refractivity contribution in [1.82, 2.24) is 0 Å². The molecule has 5 nitrogen and oxygen atoms in total. The summed E-state index contributed by atoms with van der Waals surface area (Å²) in [7, 11) is 0. The van der Waals surface area contributed by atoms with Gasteiger partial charge in [-0.2, -0.15) is 0 Å². The first-order valence-corrected chi connectivity index (χ1v) is 6.38. The van der Waals surface area contributed by atoms with E-state index in [1.54, 1.807) is 12.1 Å². The Kier molecular flexibility index (Phi) is 2.87.